The monoisotopic (exact) mass is 85.1 g/mol. The van der Waals surface area contributed by atoms with E-state index in [4.69, 9.17) is 4.74 Å². The summed E-state index contributed by atoms with van der Waals surface area (Å²) in [5, 5.41) is 0. The Labute approximate surface area is 36.8 Å². The van der Waals surface area contributed by atoms with E-state index < -0.39 is 0 Å². The summed E-state index contributed by atoms with van der Waals surface area (Å²) in [6.45, 7) is 1.80. The summed E-state index contributed by atoms with van der Waals surface area (Å²) in [5.41, 5.74) is 0. The van der Waals surface area contributed by atoms with Gasteiger partial charge in [0.1, 0.15) is 0 Å². The quantitative estimate of drug-likeness (QED) is 0.418. The van der Waals surface area contributed by atoms with Crippen LogP contribution in [0.15, 0.2) is 4.99 Å². The Hall–Kier alpha value is -0.530. The molecule has 1 aliphatic heterocycles. The second-order valence-electron chi connectivity index (χ2n) is 1.24. The predicted molar refractivity (Wildman–Crippen MR) is 23.9 cm³/mol. The predicted octanol–water partition coefficient (Wildman–Crippen LogP) is 0.435. The maximum absolute atomic E-state index is 4.78. The van der Waals surface area contributed by atoms with Gasteiger partial charge in [-0.1, -0.05) is 0 Å². The standard InChI is InChI=1S/C4H7NO/c1-2-5-4-6-3-1/h4H,1-3H2. The van der Waals surface area contributed by atoms with Gasteiger partial charge >= 0.3 is 0 Å². The minimum Gasteiger partial charge on any atom is -0.483 e. The van der Waals surface area contributed by atoms with Crippen molar-refractivity contribution in [1.82, 2.24) is 0 Å². The van der Waals surface area contributed by atoms with E-state index in [1.54, 1.807) is 0 Å². The first kappa shape index (κ1) is 3.65. The van der Waals surface area contributed by atoms with E-state index >= 15 is 0 Å². The highest BCUT2D eigenvalue weighted by atomic mass is 16.5. The highest BCUT2D eigenvalue weighted by Gasteiger charge is 1.87. The van der Waals surface area contributed by atoms with E-state index in [2.05, 4.69) is 4.99 Å². The van der Waals surface area contributed by atoms with E-state index in [9.17, 15) is 0 Å². The molecule has 0 spiro atoms. The van der Waals surface area contributed by atoms with Crippen molar-refractivity contribution in [2.75, 3.05) is 13.2 Å². The van der Waals surface area contributed by atoms with Crippen LogP contribution in [-0.4, -0.2) is 19.6 Å². The maximum Gasteiger partial charge on any atom is 0.169 e. The lowest BCUT2D eigenvalue weighted by Crippen LogP contribution is -2.00. The number of rotatable bonds is 0. The van der Waals surface area contributed by atoms with Gasteiger partial charge in [0.05, 0.1) is 6.61 Å². The third kappa shape index (κ3) is 0.708. The summed E-state index contributed by atoms with van der Waals surface area (Å²) in [4.78, 5) is 3.83. The fraction of sp³-hybridized carbons (Fsp3) is 0.750. The van der Waals surface area contributed by atoms with Gasteiger partial charge < -0.3 is 4.74 Å². The van der Waals surface area contributed by atoms with Crippen molar-refractivity contribution in [2.45, 2.75) is 6.42 Å². The number of aliphatic imine (C=N–C) groups is 1. The molecule has 0 aliphatic carbocycles. The molecule has 0 saturated heterocycles. The zero-order valence-electron chi connectivity index (χ0n) is 3.55. The second-order valence-corrected chi connectivity index (χ2v) is 1.24. The van der Waals surface area contributed by atoms with Crippen LogP contribution in [0, 0.1) is 0 Å². The van der Waals surface area contributed by atoms with Crippen molar-refractivity contribution in [3.05, 3.63) is 0 Å². The molecule has 0 unspecified atom stereocenters. The molecule has 0 fully saturated rings. The number of hydrogen-bond donors (Lipinski definition) is 0. The van der Waals surface area contributed by atoms with Gasteiger partial charge in [0.25, 0.3) is 0 Å². The third-order valence-electron chi connectivity index (χ3n) is 0.698. The highest BCUT2D eigenvalue weighted by Crippen LogP contribution is 1.86. The van der Waals surface area contributed by atoms with E-state index in [1.165, 1.54) is 6.40 Å². The van der Waals surface area contributed by atoms with E-state index in [0.29, 0.717) is 0 Å². The van der Waals surface area contributed by atoms with Crippen LogP contribution in [0.3, 0.4) is 0 Å². The normalized spacial score (nSPS) is 20.0. The molecule has 0 aromatic rings. The molecule has 0 radical (unpaired) electrons. The largest absolute Gasteiger partial charge is 0.483 e. The highest BCUT2D eigenvalue weighted by molar-refractivity contribution is 5.46. The van der Waals surface area contributed by atoms with Crippen molar-refractivity contribution in [3.8, 4) is 0 Å². The Morgan fingerprint density at radius 2 is 2.67 bits per heavy atom. The smallest absolute Gasteiger partial charge is 0.169 e. The Morgan fingerprint density at radius 3 is 2.83 bits per heavy atom. The average molecular weight is 85.1 g/mol. The lowest BCUT2D eigenvalue weighted by molar-refractivity contribution is 0.298. The van der Waals surface area contributed by atoms with Gasteiger partial charge in [-0.15, -0.1) is 0 Å². The van der Waals surface area contributed by atoms with Gasteiger partial charge in [0.2, 0.25) is 0 Å². The van der Waals surface area contributed by atoms with Crippen LogP contribution in [-0.2, 0) is 4.74 Å². The molecule has 1 aliphatic rings. The number of hydrogen-bond acceptors (Lipinski definition) is 2. The Bertz CT molecular complexity index is 52.6. The molecule has 0 N–H and O–H groups in total. The van der Waals surface area contributed by atoms with Crippen molar-refractivity contribution < 1.29 is 4.74 Å². The molecule has 34 valence electrons. The molecular weight excluding hydrogens is 78.0 g/mol. The first-order valence-electron chi connectivity index (χ1n) is 2.10. The summed E-state index contributed by atoms with van der Waals surface area (Å²) in [6.07, 6.45) is 2.60. The molecule has 0 saturated carbocycles. The molecule has 0 atom stereocenters. The summed E-state index contributed by atoms with van der Waals surface area (Å²) in [5.74, 6) is 0. The maximum atomic E-state index is 4.78. The van der Waals surface area contributed by atoms with E-state index in [-0.39, 0.29) is 0 Å². The molecule has 1 heterocycles. The van der Waals surface area contributed by atoms with E-state index in [1.807, 2.05) is 0 Å². The zero-order chi connectivity index (χ0) is 4.24. The lowest BCUT2D eigenvalue weighted by Gasteiger charge is -2.01. The SMILES string of the molecule is C1=NCCCO1. The third-order valence-corrected chi connectivity index (χ3v) is 0.698. The van der Waals surface area contributed by atoms with Crippen LogP contribution >= 0.6 is 0 Å². The molecule has 0 aromatic carbocycles. The fourth-order valence-electron chi connectivity index (χ4n) is 0.397. The van der Waals surface area contributed by atoms with Gasteiger partial charge in [-0.25, -0.2) is 0 Å². The van der Waals surface area contributed by atoms with Crippen LogP contribution in [0.1, 0.15) is 6.42 Å². The van der Waals surface area contributed by atoms with Crippen LogP contribution < -0.4 is 0 Å². The first-order valence-corrected chi connectivity index (χ1v) is 2.10. The number of nitrogens with zero attached hydrogens (tertiary/aromatic N) is 1. The molecule has 6 heavy (non-hydrogen) atoms. The molecule has 1 rings (SSSR count). The van der Waals surface area contributed by atoms with E-state index in [0.717, 1.165) is 19.6 Å². The summed E-state index contributed by atoms with van der Waals surface area (Å²) < 4.78 is 4.78. The molecular formula is C4H7NO. The minimum absolute atomic E-state index is 0.851. The molecule has 0 aromatic heterocycles. The second kappa shape index (κ2) is 1.80. The Morgan fingerprint density at radius 1 is 1.67 bits per heavy atom. The van der Waals surface area contributed by atoms with Crippen molar-refractivity contribution >= 4 is 6.40 Å². The van der Waals surface area contributed by atoms with Gasteiger partial charge in [-0.2, -0.15) is 0 Å². The van der Waals surface area contributed by atoms with Crippen LogP contribution in [0.4, 0.5) is 0 Å². The topological polar surface area (TPSA) is 21.6 Å². The molecule has 0 amide bonds. The molecule has 0 bridgehead atoms. The van der Waals surface area contributed by atoms with Crippen molar-refractivity contribution in [2.24, 2.45) is 4.99 Å². The Kier molecular flexibility index (Phi) is 1.10. The first-order chi connectivity index (χ1) is 3.00. The lowest BCUT2D eigenvalue weighted by atomic mass is 10.4. The van der Waals surface area contributed by atoms with Crippen molar-refractivity contribution in [3.63, 3.8) is 0 Å². The zero-order valence-corrected chi connectivity index (χ0v) is 3.55. The summed E-state index contributed by atoms with van der Waals surface area (Å²) in [7, 11) is 0. The van der Waals surface area contributed by atoms with Gasteiger partial charge in [0, 0.05) is 13.0 Å². The Balaban J connectivity index is 2.26. The molecule has 2 heteroatoms. The van der Waals surface area contributed by atoms with Crippen LogP contribution in [0.2, 0.25) is 0 Å². The summed E-state index contributed by atoms with van der Waals surface area (Å²) >= 11 is 0. The van der Waals surface area contributed by atoms with Crippen LogP contribution in [0.25, 0.3) is 0 Å². The van der Waals surface area contributed by atoms with Crippen LogP contribution in [0.5, 0.6) is 0 Å². The van der Waals surface area contributed by atoms with Crippen molar-refractivity contribution in [1.29, 1.82) is 0 Å². The van der Waals surface area contributed by atoms with Gasteiger partial charge in [-0.05, 0) is 0 Å². The fourth-order valence-corrected chi connectivity index (χ4v) is 0.397. The minimum atomic E-state index is 0.851. The van der Waals surface area contributed by atoms with Gasteiger partial charge in [0.15, 0.2) is 6.40 Å². The van der Waals surface area contributed by atoms with Gasteiger partial charge in [-0.3, -0.25) is 4.99 Å². The average Bonchev–Trinajstić information content (AvgIpc) is 1.72. The summed E-state index contributed by atoms with van der Waals surface area (Å²) in [6, 6.07) is 0. The number of ether oxygens (including phenoxy) is 1. The molecule has 2 nitrogen and oxygen atoms in total.